The molecule has 2 rings (SSSR count). The molecule has 0 spiro atoms. The quantitative estimate of drug-likeness (QED) is 0.724. The standard InChI is InChI=1S/C11H10N2O4/c14-9-4-7(5-10(15)13-9)11(16)12-6-8-2-1-3-17-8/h1-5H,6H2,(H,12,16)(H2,13,14,15). The van der Waals surface area contributed by atoms with Gasteiger partial charge in [-0.3, -0.25) is 14.6 Å². The highest BCUT2D eigenvalue weighted by Crippen LogP contribution is 2.05. The molecule has 0 aliphatic heterocycles. The summed E-state index contributed by atoms with van der Waals surface area (Å²) in [6, 6.07) is 5.71. The third-order valence-electron chi connectivity index (χ3n) is 2.10. The second-order valence-electron chi connectivity index (χ2n) is 3.38. The highest BCUT2D eigenvalue weighted by molar-refractivity contribution is 5.94. The Balaban J connectivity index is 2.07. The lowest BCUT2D eigenvalue weighted by Gasteiger charge is -2.03. The molecule has 0 saturated carbocycles. The maximum absolute atomic E-state index is 11.6. The van der Waals surface area contributed by atoms with E-state index in [1.165, 1.54) is 12.3 Å². The molecule has 1 amide bonds. The van der Waals surface area contributed by atoms with E-state index in [2.05, 4.69) is 10.3 Å². The molecular formula is C11H10N2O4. The second kappa shape index (κ2) is 4.56. The zero-order valence-electron chi connectivity index (χ0n) is 8.77. The molecule has 6 nitrogen and oxygen atoms in total. The van der Waals surface area contributed by atoms with Crippen LogP contribution in [0.4, 0.5) is 0 Å². The van der Waals surface area contributed by atoms with Gasteiger partial charge in [0.25, 0.3) is 11.5 Å². The Morgan fingerprint density at radius 2 is 2.29 bits per heavy atom. The number of carbonyl (C=O) groups excluding carboxylic acids is 1. The number of aromatic nitrogens is 1. The molecule has 88 valence electrons. The number of hydrogen-bond donors (Lipinski definition) is 3. The number of pyridine rings is 1. The number of furan rings is 1. The van der Waals surface area contributed by atoms with Crippen LogP contribution in [0.1, 0.15) is 16.1 Å². The zero-order valence-corrected chi connectivity index (χ0v) is 8.77. The van der Waals surface area contributed by atoms with E-state index < -0.39 is 11.5 Å². The van der Waals surface area contributed by atoms with Crippen LogP contribution in [0.3, 0.4) is 0 Å². The first-order valence-electron chi connectivity index (χ1n) is 4.89. The van der Waals surface area contributed by atoms with Gasteiger partial charge in [-0.15, -0.1) is 0 Å². The van der Waals surface area contributed by atoms with E-state index in [1.54, 1.807) is 12.1 Å². The summed E-state index contributed by atoms with van der Waals surface area (Å²) in [5, 5.41) is 11.7. The van der Waals surface area contributed by atoms with Crippen molar-refractivity contribution in [3.63, 3.8) is 0 Å². The number of aromatic hydroxyl groups is 1. The molecule has 0 aliphatic rings. The summed E-state index contributed by atoms with van der Waals surface area (Å²) in [6.45, 7) is 0.222. The third-order valence-corrected chi connectivity index (χ3v) is 2.10. The van der Waals surface area contributed by atoms with E-state index in [-0.39, 0.29) is 18.0 Å². The molecule has 0 aliphatic carbocycles. The summed E-state index contributed by atoms with van der Waals surface area (Å²) in [7, 11) is 0. The van der Waals surface area contributed by atoms with Crippen molar-refractivity contribution in [2.24, 2.45) is 0 Å². The Bertz CT molecular complexity index is 571. The van der Waals surface area contributed by atoms with Crippen LogP contribution in [-0.2, 0) is 6.54 Å². The summed E-state index contributed by atoms with van der Waals surface area (Å²) in [5.41, 5.74) is -0.439. The highest BCUT2D eigenvalue weighted by Gasteiger charge is 2.08. The minimum absolute atomic E-state index is 0.0952. The normalized spacial score (nSPS) is 10.1. The van der Waals surface area contributed by atoms with Gasteiger partial charge < -0.3 is 14.8 Å². The SMILES string of the molecule is O=C(NCc1ccco1)c1cc(O)[nH]c(=O)c1. The Morgan fingerprint density at radius 3 is 2.94 bits per heavy atom. The first-order chi connectivity index (χ1) is 8.15. The van der Waals surface area contributed by atoms with Crippen LogP contribution in [-0.4, -0.2) is 16.0 Å². The fraction of sp³-hybridized carbons (Fsp3) is 0.0909. The van der Waals surface area contributed by atoms with E-state index in [0.29, 0.717) is 5.76 Å². The highest BCUT2D eigenvalue weighted by atomic mass is 16.3. The summed E-state index contributed by atoms with van der Waals surface area (Å²) in [4.78, 5) is 24.8. The molecule has 0 bridgehead atoms. The zero-order chi connectivity index (χ0) is 12.3. The Hall–Kier alpha value is -2.50. The number of hydrogen-bond acceptors (Lipinski definition) is 4. The molecule has 0 aromatic carbocycles. The molecule has 0 radical (unpaired) electrons. The Kier molecular flexibility index (Phi) is 2.95. The number of carbonyl (C=O) groups is 1. The van der Waals surface area contributed by atoms with Crippen LogP contribution in [0.5, 0.6) is 5.88 Å². The smallest absolute Gasteiger partial charge is 0.252 e. The number of rotatable bonds is 3. The molecule has 2 heterocycles. The van der Waals surface area contributed by atoms with E-state index in [9.17, 15) is 9.59 Å². The predicted molar refractivity (Wildman–Crippen MR) is 58.6 cm³/mol. The fourth-order valence-electron chi connectivity index (χ4n) is 1.34. The topological polar surface area (TPSA) is 95.3 Å². The lowest BCUT2D eigenvalue weighted by atomic mass is 10.2. The molecule has 0 atom stereocenters. The van der Waals surface area contributed by atoms with Crippen LogP contribution in [0.15, 0.2) is 39.7 Å². The van der Waals surface area contributed by atoms with E-state index in [1.807, 2.05) is 0 Å². The van der Waals surface area contributed by atoms with Gasteiger partial charge in [0.05, 0.1) is 18.4 Å². The van der Waals surface area contributed by atoms with Crippen molar-refractivity contribution in [3.8, 4) is 5.88 Å². The van der Waals surface area contributed by atoms with Gasteiger partial charge in [-0.25, -0.2) is 0 Å². The van der Waals surface area contributed by atoms with Crippen LogP contribution in [0, 0.1) is 0 Å². The Morgan fingerprint density at radius 1 is 1.47 bits per heavy atom. The molecule has 0 saturated heterocycles. The van der Waals surface area contributed by atoms with Gasteiger partial charge in [0, 0.05) is 12.1 Å². The second-order valence-corrected chi connectivity index (χ2v) is 3.38. The molecule has 3 N–H and O–H groups in total. The number of aromatic amines is 1. The van der Waals surface area contributed by atoms with Crippen LogP contribution < -0.4 is 10.9 Å². The van der Waals surface area contributed by atoms with Crippen molar-refractivity contribution in [3.05, 3.63) is 52.2 Å². The van der Waals surface area contributed by atoms with Crippen LogP contribution >= 0.6 is 0 Å². The maximum atomic E-state index is 11.6. The van der Waals surface area contributed by atoms with Gasteiger partial charge in [0.2, 0.25) is 0 Å². The molecule has 17 heavy (non-hydrogen) atoms. The summed E-state index contributed by atoms with van der Waals surface area (Å²) in [5.74, 6) is -0.198. The van der Waals surface area contributed by atoms with Gasteiger partial charge in [-0.1, -0.05) is 0 Å². The molecule has 6 heteroatoms. The summed E-state index contributed by atoms with van der Waals surface area (Å²) in [6.07, 6.45) is 1.50. The number of nitrogens with one attached hydrogen (secondary N) is 2. The van der Waals surface area contributed by atoms with Crippen molar-refractivity contribution in [1.29, 1.82) is 0 Å². The van der Waals surface area contributed by atoms with Crippen molar-refractivity contribution in [2.75, 3.05) is 0 Å². The lowest BCUT2D eigenvalue weighted by Crippen LogP contribution is -2.24. The van der Waals surface area contributed by atoms with Gasteiger partial charge in [0.15, 0.2) is 5.88 Å². The first kappa shape index (κ1) is 11.0. The summed E-state index contributed by atoms with van der Waals surface area (Å²) < 4.78 is 5.04. The van der Waals surface area contributed by atoms with Gasteiger partial charge in [-0.05, 0) is 12.1 Å². The van der Waals surface area contributed by atoms with Gasteiger partial charge in [-0.2, -0.15) is 0 Å². The number of amides is 1. The van der Waals surface area contributed by atoms with E-state index in [4.69, 9.17) is 9.52 Å². The van der Waals surface area contributed by atoms with Crippen LogP contribution in [0.2, 0.25) is 0 Å². The molecule has 0 fully saturated rings. The van der Waals surface area contributed by atoms with E-state index >= 15 is 0 Å². The average Bonchev–Trinajstić information content (AvgIpc) is 2.77. The summed E-state index contributed by atoms with van der Waals surface area (Å²) >= 11 is 0. The van der Waals surface area contributed by atoms with Crippen molar-refractivity contribution in [2.45, 2.75) is 6.54 Å². The Labute approximate surface area is 95.9 Å². The van der Waals surface area contributed by atoms with Crippen molar-refractivity contribution in [1.82, 2.24) is 10.3 Å². The fourth-order valence-corrected chi connectivity index (χ4v) is 1.34. The monoisotopic (exact) mass is 234 g/mol. The maximum Gasteiger partial charge on any atom is 0.252 e. The minimum atomic E-state index is -0.534. The van der Waals surface area contributed by atoms with Gasteiger partial charge >= 0.3 is 0 Å². The largest absolute Gasteiger partial charge is 0.494 e. The molecule has 2 aromatic rings. The van der Waals surface area contributed by atoms with Crippen LogP contribution in [0.25, 0.3) is 0 Å². The first-order valence-corrected chi connectivity index (χ1v) is 4.89. The third kappa shape index (κ3) is 2.75. The number of H-pyrrole nitrogens is 1. The molecule has 2 aromatic heterocycles. The lowest BCUT2D eigenvalue weighted by molar-refractivity contribution is 0.0947. The predicted octanol–water partition coefficient (Wildman–Crippen LogP) is 0.604. The van der Waals surface area contributed by atoms with E-state index in [0.717, 1.165) is 6.07 Å². The van der Waals surface area contributed by atoms with Gasteiger partial charge in [0.1, 0.15) is 5.76 Å². The molecular weight excluding hydrogens is 224 g/mol. The molecule has 0 unspecified atom stereocenters. The van der Waals surface area contributed by atoms with Crippen molar-refractivity contribution < 1.29 is 14.3 Å². The average molecular weight is 234 g/mol. The van der Waals surface area contributed by atoms with Crippen molar-refractivity contribution >= 4 is 5.91 Å². The minimum Gasteiger partial charge on any atom is -0.494 e.